The van der Waals surface area contributed by atoms with Crippen molar-refractivity contribution in [1.29, 1.82) is 0 Å². The second-order valence-electron chi connectivity index (χ2n) is 4.38. The predicted octanol–water partition coefficient (Wildman–Crippen LogP) is 3.59. The fraction of sp³-hybridized carbons (Fsp3) is 0.333. The smallest absolute Gasteiger partial charge is 0.165 e. The highest BCUT2D eigenvalue weighted by atomic mass is 127. The molecule has 0 unspecified atom stereocenters. The van der Waals surface area contributed by atoms with Gasteiger partial charge in [0.2, 0.25) is 0 Å². The summed E-state index contributed by atoms with van der Waals surface area (Å²) in [4.78, 5) is 9.01. The van der Waals surface area contributed by atoms with E-state index >= 15 is 0 Å². The lowest BCUT2D eigenvalue weighted by Crippen LogP contribution is -2.06. The average Bonchev–Trinajstić information content (AvgIpc) is 2.53. The number of nitrogens with zero attached hydrogens (tertiary/aromatic N) is 2. The van der Waals surface area contributed by atoms with Gasteiger partial charge in [-0.05, 0) is 47.2 Å². The summed E-state index contributed by atoms with van der Waals surface area (Å²) in [5, 5.41) is 3.31. The second-order valence-corrected chi connectivity index (χ2v) is 5.55. The van der Waals surface area contributed by atoms with Crippen molar-refractivity contribution in [2.75, 3.05) is 26.1 Å². The van der Waals surface area contributed by atoms with E-state index in [1.165, 1.54) is 0 Å². The molecule has 1 aromatic heterocycles. The van der Waals surface area contributed by atoms with Crippen LogP contribution in [0.2, 0.25) is 0 Å². The van der Waals surface area contributed by atoms with Gasteiger partial charge in [-0.3, -0.25) is 0 Å². The largest absolute Gasteiger partial charge is 0.497 e. The second kappa shape index (κ2) is 7.44. The van der Waals surface area contributed by atoms with Crippen LogP contribution in [0.1, 0.15) is 13.3 Å². The lowest BCUT2D eigenvalue weighted by molar-refractivity contribution is 0.404. The highest BCUT2D eigenvalue weighted by Crippen LogP contribution is 2.32. The monoisotopic (exact) mass is 399 g/mol. The third-order valence-corrected chi connectivity index (χ3v) is 3.72. The number of hydrogen-bond donors (Lipinski definition) is 1. The highest BCUT2D eigenvalue weighted by molar-refractivity contribution is 14.1. The van der Waals surface area contributed by atoms with Crippen LogP contribution in [0, 0.1) is 3.57 Å². The van der Waals surface area contributed by atoms with E-state index in [0.717, 1.165) is 39.4 Å². The van der Waals surface area contributed by atoms with Gasteiger partial charge in [-0.2, -0.15) is 0 Å². The number of benzene rings is 1. The van der Waals surface area contributed by atoms with Gasteiger partial charge in [-0.25, -0.2) is 9.97 Å². The van der Waals surface area contributed by atoms with Crippen molar-refractivity contribution < 1.29 is 9.47 Å². The SMILES string of the molecule is CCCNc1nc(-c2cc(OC)ccc2OC)ncc1I. The number of rotatable bonds is 6. The highest BCUT2D eigenvalue weighted by Gasteiger charge is 2.12. The van der Waals surface area contributed by atoms with E-state index in [1.54, 1.807) is 20.4 Å². The minimum atomic E-state index is 0.616. The van der Waals surface area contributed by atoms with Gasteiger partial charge in [-0.15, -0.1) is 0 Å². The molecular formula is C15H18IN3O2. The number of anilines is 1. The molecule has 0 radical (unpaired) electrons. The summed E-state index contributed by atoms with van der Waals surface area (Å²) in [7, 11) is 3.27. The van der Waals surface area contributed by atoms with Gasteiger partial charge in [-0.1, -0.05) is 6.92 Å². The number of nitrogens with one attached hydrogen (secondary N) is 1. The molecule has 0 saturated carbocycles. The summed E-state index contributed by atoms with van der Waals surface area (Å²) in [6, 6.07) is 5.59. The van der Waals surface area contributed by atoms with Gasteiger partial charge in [0.1, 0.15) is 17.3 Å². The van der Waals surface area contributed by atoms with Crippen LogP contribution >= 0.6 is 22.6 Å². The summed E-state index contributed by atoms with van der Waals surface area (Å²) in [5.41, 5.74) is 0.813. The van der Waals surface area contributed by atoms with Crippen molar-refractivity contribution in [3.05, 3.63) is 28.0 Å². The van der Waals surface area contributed by atoms with Crippen LogP contribution < -0.4 is 14.8 Å². The molecule has 1 N–H and O–H groups in total. The molecule has 2 rings (SSSR count). The van der Waals surface area contributed by atoms with Crippen molar-refractivity contribution in [1.82, 2.24) is 9.97 Å². The zero-order chi connectivity index (χ0) is 15.2. The fourth-order valence-corrected chi connectivity index (χ4v) is 2.30. The van der Waals surface area contributed by atoms with Gasteiger partial charge in [0.05, 0.1) is 23.4 Å². The van der Waals surface area contributed by atoms with Crippen molar-refractivity contribution in [3.63, 3.8) is 0 Å². The lowest BCUT2D eigenvalue weighted by atomic mass is 10.1. The van der Waals surface area contributed by atoms with Crippen LogP contribution in [0.5, 0.6) is 11.5 Å². The molecule has 0 aliphatic heterocycles. The number of ether oxygens (including phenoxy) is 2. The molecule has 2 aromatic rings. The molecule has 0 aliphatic carbocycles. The molecule has 0 amide bonds. The van der Waals surface area contributed by atoms with Crippen LogP contribution in [0.25, 0.3) is 11.4 Å². The Kier molecular flexibility index (Phi) is 5.60. The van der Waals surface area contributed by atoms with E-state index in [2.05, 4.69) is 44.8 Å². The maximum absolute atomic E-state index is 5.39. The van der Waals surface area contributed by atoms with E-state index in [1.807, 2.05) is 18.2 Å². The molecule has 0 spiro atoms. The zero-order valence-corrected chi connectivity index (χ0v) is 14.5. The van der Waals surface area contributed by atoms with Crippen LogP contribution in [-0.2, 0) is 0 Å². The zero-order valence-electron chi connectivity index (χ0n) is 12.3. The minimum Gasteiger partial charge on any atom is -0.497 e. The standard InChI is InChI=1S/C15H18IN3O2/c1-4-7-17-15-12(16)9-18-14(19-15)11-8-10(20-2)5-6-13(11)21-3/h5-6,8-9H,4,7H2,1-3H3,(H,17,18,19). The first-order valence-electron chi connectivity index (χ1n) is 6.68. The Bertz CT molecular complexity index is 620. The molecule has 0 atom stereocenters. The van der Waals surface area contributed by atoms with Crippen molar-refractivity contribution in [3.8, 4) is 22.9 Å². The van der Waals surface area contributed by atoms with E-state index in [0.29, 0.717) is 5.82 Å². The molecule has 0 bridgehead atoms. The summed E-state index contributed by atoms with van der Waals surface area (Å²) in [5.74, 6) is 2.92. The topological polar surface area (TPSA) is 56.3 Å². The summed E-state index contributed by atoms with van der Waals surface area (Å²) in [6.45, 7) is 2.99. The van der Waals surface area contributed by atoms with Gasteiger partial charge in [0, 0.05) is 12.7 Å². The molecule has 0 saturated heterocycles. The van der Waals surface area contributed by atoms with Crippen molar-refractivity contribution >= 4 is 28.4 Å². The number of methoxy groups -OCH3 is 2. The first-order valence-corrected chi connectivity index (χ1v) is 7.76. The van der Waals surface area contributed by atoms with Gasteiger partial charge in [0.15, 0.2) is 5.82 Å². The first-order chi connectivity index (χ1) is 10.2. The van der Waals surface area contributed by atoms with Crippen LogP contribution in [0.4, 0.5) is 5.82 Å². The Morgan fingerprint density at radius 2 is 2.05 bits per heavy atom. The number of halogens is 1. The predicted molar refractivity (Wildman–Crippen MR) is 92.1 cm³/mol. The van der Waals surface area contributed by atoms with E-state index in [4.69, 9.17) is 9.47 Å². The molecule has 112 valence electrons. The fourth-order valence-electron chi connectivity index (χ4n) is 1.85. The maximum Gasteiger partial charge on any atom is 0.165 e. The third-order valence-electron chi connectivity index (χ3n) is 2.93. The van der Waals surface area contributed by atoms with Crippen molar-refractivity contribution in [2.45, 2.75) is 13.3 Å². The Morgan fingerprint density at radius 1 is 1.24 bits per heavy atom. The maximum atomic E-state index is 5.39. The Hall–Kier alpha value is -1.57. The van der Waals surface area contributed by atoms with Crippen molar-refractivity contribution in [2.24, 2.45) is 0 Å². The van der Waals surface area contributed by atoms with Crippen LogP contribution in [0.3, 0.4) is 0 Å². The first kappa shape index (κ1) is 15.8. The number of aromatic nitrogens is 2. The molecule has 1 heterocycles. The van der Waals surface area contributed by atoms with Crippen LogP contribution in [-0.4, -0.2) is 30.7 Å². The third kappa shape index (κ3) is 3.75. The quantitative estimate of drug-likeness (QED) is 0.753. The molecule has 0 aliphatic rings. The Morgan fingerprint density at radius 3 is 2.71 bits per heavy atom. The van der Waals surface area contributed by atoms with E-state index in [-0.39, 0.29) is 0 Å². The molecule has 5 nitrogen and oxygen atoms in total. The summed E-state index contributed by atoms with van der Waals surface area (Å²) < 4.78 is 11.7. The molecule has 0 fully saturated rings. The van der Waals surface area contributed by atoms with Crippen LogP contribution in [0.15, 0.2) is 24.4 Å². The Balaban J connectivity index is 2.45. The minimum absolute atomic E-state index is 0.616. The molecular weight excluding hydrogens is 381 g/mol. The van der Waals surface area contributed by atoms with E-state index < -0.39 is 0 Å². The summed E-state index contributed by atoms with van der Waals surface area (Å²) in [6.07, 6.45) is 2.84. The van der Waals surface area contributed by atoms with E-state index in [9.17, 15) is 0 Å². The molecule has 1 aromatic carbocycles. The normalized spacial score (nSPS) is 10.3. The lowest BCUT2D eigenvalue weighted by Gasteiger charge is -2.12. The average molecular weight is 399 g/mol. The molecule has 6 heteroatoms. The van der Waals surface area contributed by atoms with Gasteiger partial charge in [0.25, 0.3) is 0 Å². The molecule has 21 heavy (non-hydrogen) atoms. The summed E-state index contributed by atoms with van der Waals surface area (Å²) >= 11 is 2.22. The van der Waals surface area contributed by atoms with Gasteiger partial charge < -0.3 is 14.8 Å². The Labute approximate surface area is 138 Å². The van der Waals surface area contributed by atoms with Gasteiger partial charge >= 0.3 is 0 Å². The number of hydrogen-bond acceptors (Lipinski definition) is 5.